The standard InChI is InChI=1S/C23H23F3N4O4S2/c1-22(2,19-12-35-21(29-19)30-36(32,33)18-7-8-18)20(31)28-16-5-3-14(4-6-16)15-9-17(11-27-10-15)34-13-23(24,25)26/h3-6,9-12,18H,7-8,13H2,1-2H3,(H,28,31)(H,29,30). The van der Waals surface area contributed by atoms with Gasteiger partial charge in [-0.2, -0.15) is 13.2 Å². The maximum Gasteiger partial charge on any atom is 0.422 e. The van der Waals surface area contributed by atoms with Crippen molar-refractivity contribution < 1.29 is 31.1 Å². The van der Waals surface area contributed by atoms with Gasteiger partial charge in [-0.1, -0.05) is 12.1 Å². The van der Waals surface area contributed by atoms with Gasteiger partial charge in [0.15, 0.2) is 11.7 Å². The molecule has 0 bridgehead atoms. The molecule has 1 aliphatic rings. The molecule has 0 unspecified atom stereocenters. The molecule has 36 heavy (non-hydrogen) atoms. The lowest BCUT2D eigenvalue weighted by Gasteiger charge is -2.21. The van der Waals surface area contributed by atoms with Crippen LogP contribution in [0.4, 0.5) is 24.0 Å². The van der Waals surface area contributed by atoms with Crippen molar-refractivity contribution >= 4 is 38.1 Å². The molecule has 1 aliphatic carbocycles. The number of pyridine rings is 1. The molecule has 13 heteroatoms. The maximum atomic E-state index is 13.0. The van der Waals surface area contributed by atoms with Crippen LogP contribution in [0, 0.1) is 0 Å². The predicted octanol–water partition coefficient (Wildman–Crippen LogP) is 4.97. The smallest absolute Gasteiger partial charge is 0.422 e. The molecule has 1 saturated carbocycles. The van der Waals surface area contributed by atoms with Crippen LogP contribution < -0.4 is 14.8 Å². The van der Waals surface area contributed by atoms with E-state index in [0.717, 1.165) is 11.3 Å². The number of rotatable bonds is 9. The fraction of sp³-hybridized carbons (Fsp3) is 0.348. The first-order chi connectivity index (χ1) is 16.8. The van der Waals surface area contributed by atoms with Gasteiger partial charge in [-0.25, -0.2) is 13.4 Å². The van der Waals surface area contributed by atoms with Crippen LogP contribution in [-0.2, 0) is 20.2 Å². The van der Waals surface area contributed by atoms with E-state index in [9.17, 15) is 26.4 Å². The van der Waals surface area contributed by atoms with E-state index in [1.807, 2.05) is 0 Å². The lowest BCUT2D eigenvalue weighted by atomic mass is 9.89. The molecule has 0 radical (unpaired) electrons. The monoisotopic (exact) mass is 540 g/mol. The Morgan fingerprint density at radius 2 is 1.83 bits per heavy atom. The van der Waals surface area contributed by atoms with Gasteiger partial charge in [-0.3, -0.25) is 14.5 Å². The highest BCUT2D eigenvalue weighted by Gasteiger charge is 2.37. The third-order valence-corrected chi connectivity index (χ3v) is 8.21. The number of alkyl halides is 3. The Balaban J connectivity index is 1.41. The number of nitrogens with zero attached hydrogens (tertiary/aromatic N) is 2. The van der Waals surface area contributed by atoms with Gasteiger partial charge in [0, 0.05) is 22.8 Å². The summed E-state index contributed by atoms with van der Waals surface area (Å²) in [6, 6.07) is 8.15. The molecule has 1 aromatic carbocycles. The number of thiazole rings is 1. The number of anilines is 2. The molecule has 3 aromatic rings. The highest BCUT2D eigenvalue weighted by molar-refractivity contribution is 7.93. The highest BCUT2D eigenvalue weighted by atomic mass is 32.2. The summed E-state index contributed by atoms with van der Waals surface area (Å²) in [6.45, 7) is 1.96. The second-order valence-electron chi connectivity index (χ2n) is 8.85. The number of benzene rings is 1. The van der Waals surface area contributed by atoms with Crippen molar-refractivity contribution in [1.29, 1.82) is 0 Å². The first-order valence-corrected chi connectivity index (χ1v) is 13.3. The van der Waals surface area contributed by atoms with Crippen LogP contribution in [0.5, 0.6) is 5.75 Å². The Kier molecular flexibility index (Phi) is 6.97. The Bertz CT molecular complexity index is 1350. The predicted molar refractivity (Wildman–Crippen MR) is 131 cm³/mol. The van der Waals surface area contributed by atoms with Gasteiger partial charge in [0.2, 0.25) is 15.9 Å². The number of hydrogen-bond donors (Lipinski definition) is 2. The number of sulfonamides is 1. The molecule has 4 rings (SSSR count). The van der Waals surface area contributed by atoms with Gasteiger partial charge < -0.3 is 10.1 Å². The number of hydrogen-bond acceptors (Lipinski definition) is 7. The minimum Gasteiger partial charge on any atom is -0.482 e. The van der Waals surface area contributed by atoms with E-state index in [-0.39, 0.29) is 22.0 Å². The number of halogens is 3. The van der Waals surface area contributed by atoms with Crippen LogP contribution in [0.25, 0.3) is 11.1 Å². The summed E-state index contributed by atoms with van der Waals surface area (Å²) in [5.41, 5.74) is 1.10. The normalized spacial score (nSPS) is 14.4. The third kappa shape index (κ3) is 6.32. The van der Waals surface area contributed by atoms with Crippen LogP contribution in [0.1, 0.15) is 32.4 Å². The van der Waals surface area contributed by atoms with Crippen LogP contribution in [-0.4, -0.2) is 42.3 Å². The van der Waals surface area contributed by atoms with E-state index in [2.05, 4.69) is 20.0 Å². The largest absolute Gasteiger partial charge is 0.482 e. The van der Waals surface area contributed by atoms with Gasteiger partial charge in [0.05, 0.1) is 22.6 Å². The van der Waals surface area contributed by atoms with Gasteiger partial charge >= 0.3 is 6.18 Å². The first-order valence-electron chi connectivity index (χ1n) is 10.9. The van der Waals surface area contributed by atoms with Crippen LogP contribution >= 0.6 is 11.3 Å². The zero-order chi connectivity index (χ0) is 26.1. The van der Waals surface area contributed by atoms with E-state index in [4.69, 9.17) is 4.74 Å². The van der Waals surface area contributed by atoms with Crippen molar-refractivity contribution in [3.05, 3.63) is 53.8 Å². The molecule has 8 nitrogen and oxygen atoms in total. The average Bonchev–Trinajstić information content (AvgIpc) is 3.58. The molecule has 2 heterocycles. The molecule has 1 amide bonds. The SMILES string of the molecule is CC(C)(C(=O)Nc1ccc(-c2cncc(OCC(F)(F)F)c2)cc1)c1csc(NS(=O)(=O)C2CC2)n1. The van der Waals surface area contributed by atoms with Gasteiger partial charge in [-0.05, 0) is 50.5 Å². The first kappa shape index (κ1) is 25.9. The Morgan fingerprint density at radius 1 is 1.14 bits per heavy atom. The van der Waals surface area contributed by atoms with Gasteiger partial charge in [0.25, 0.3) is 0 Å². The number of amides is 1. The minimum atomic E-state index is -4.45. The number of aromatic nitrogens is 2. The molecule has 0 aliphatic heterocycles. The van der Waals surface area contributed by atoms with Crippen LogP contribution in [0.15, 0.2) is 48.1 Å². The van der Waals surface area contributed by atoms with Crippen molar-refractivity contribution in [1.82, 2.24) is 9.97 Å². The lowest BCUT2D eigenvalue weighted by Crippen LogP contribution is -2.35. The van der Waals surface area contributed by atoms with E-state index >= 15 is 0 Å². The molecular formula is C23H23F3N4O4S2. The van der Waals surface area contributed by atoms with Crippen LogP contribution in [0.2, 0.25) is 0 Å². The maximum absolute atomic E-state index is 13.0. The summed E-state index contributed by atoms with van der Waals surface area (Å²) >= 11 is 1.12. The minimum absolute atomic E-state index is 0.00833. The molecule has 0 saturated heterocycles. The van der Waals surface area contributed by atoms with Crippen molar-refractivity contribution in [3.8, 4) is 16.9 Å². The summed E-state index contributed by atoms with van der Waals surface area (Å²) in [5, 5.41) is 4.30. The van der Waals surface area contributed by atoms with E-state index < -0.39 is 28.2 Å². The summed E-state index contributed by atoms with van der Waals surface area (Å²) in [7, 11) is -3.45. The Labute approximate surface area is 210 Å². The topological polar surface area (TPSA) is 110 Å². The number of ether oxygens (including phenoxy) is 1. The summed E-state index contributed by atoms with van der Waals surface area (Å²) in [5.74, 6) is -0.354. The van der Waals surface area contributed by atoms with Crippen molar-refractivity contribution in [3.63, 3.8) is 0 Å². The zero-order valence-electron chi connectivity index (χ0n) is 19.3. The fourth-order valence-electron chi connectivity index (χ4n) is 3.16. The molecule has 0 spiro atoms. The summed E-state index contributed by atoms with van der Waals surface area (Å²) < 4.78 is 68.7. The Hall–Kier alpha value is -3.19. The average molecular weight is 541 g/mol. The van der Waals surface area contributed by atoms with Crippen LogP contribution in [0.3, 0.4) is 0 Å². The lowest BCUT2D eigenvalue weighted by molar-refractivity contribution is -0.153. The molecule has 2 N–H and O–H groups in total. The molecule has 0 atom stereocenters. The quantitative estimate of drug-likeness (QED) is 0.397. The van der Waals surface area contributed by atoms with E-state index in [1.165, 1.54) is 18.5 Å². The van der Waals surface area contributed by atoms with Gasteiger partial charge in [-0.15, -0.1) is 11.3 Å². The third-order valence-electron chi connectivity index (χ3n) is 5.50. The fourth-order valence-corrected chi connectivity index (χ4v) is 5.64. The van der Waals surface area contributed by atoms with E-state index in [0.29, 0.717) is 35.3 Å². The highest BCUT2D eigenvalue weighted by Crippen LogP contribution is 2.33. The molecule has 1 fully saturated rings. The van der Waals surface area contributed by atoms with E-state index in [1.54, 1.807) is 43.5 Å². The van der Waals surface area contributed by atoms with Crippen molar-refractivity contribution in [2.75, 3.05) is 16.6 Å². The zero-order valence-corrected chi connectivity index (χ0v) is 20.9. The second kappa shape index (κ2) is 9.69. The molecule has 192 valence electrons. The summed E-state index contributed by atoms with van der Waals surface area (Å²) in [6.07, 6.45) is -0.488. The number of nitrogens with one attached hydrogen (secondary N) is 2. The van der Waals surface area contributed by atoms with Gasteiger partial charge in [0.1, 0.15) is 5.75 Å². The number of carbonyl (C=O) groups is 1. The Morgan fingerprint density at radius 3 is 2.47 bits per heavy atom. The van der Waals surface area contributed by atoms with Crippen molar-refractivity contribution in [2.45, 2.75) is 43.5 Å². The van der Waals surface area contributed by atoms with Crippen molar-refractivity contribution in [2.24, 2.45) is 0 Å². The molecule has 2 aromatic heterocycles. The second-order valence-corrected chi connectivity index (χ2v) is 11.7. The summed E-state index contributed by atoms with van der Waals surface area (Å²) in [4.78, 5) is 21.2. The number of carbonyl (C=O) groups excluding carboxylic acids is 1. The molecular weight excluding hydrogens is 517 g/mol.